The summed E-state index contributed by atoms with van der Waals surface area (Å²) in [5, 5.41) is 13.0. The van der Waals surface area contributed by atoms with Gasteiger partial charge >= 0.3 is 0 Å². The van der Waals surface area contributed by atoms with Crippen LogP contribution in [0.4, 0.5) is 0 Å². The topological polar surface area (TPSA) is 110 Å². The fraction of sp³-hybridized carbons (Fsp3) is 0.548. The number of benzene rings is 2. The van der Waals surface area contributed by atoms with Crippen LogP contribution in [-0.2, 0) is 26.0 Å². The third kappa shape index (κ3) is 9.92. The number of hydrogen-bond acceptors (Lipinski definition) is 6. The van der Waals surface area contributed by atoms with Gasteiger partial charge in [-0.3, -0.25) is 19.9 Å². The molecule has 1 aliphatic rings. The molecule has 0 bridgehead atoms. The Bertz CT molecular complexity index is 1200. The fourth-order valence-electron chi connectivity index (χ4n) is 5.10. The van der Waals surface area contributed by atoms with Crippen molar-refractivity contribution in [2.45, 2.75) is 70.4 Å². The predicted octanol–water partition coefficient (Wildman–Crippen LogP) is 3.31. The molecule has 2 amide bonds. The smallest absolute Gasteiger partial charge is 0.252 e. The molecule has 0 aromatic heterocycles. The Morgan fingerprint density at radius 2 is 1.49 bits per heavy atom. The Hall–Kier alpha value is -2.79. The van der Waals surface area contributed by atoms with E-state index in [-0.39, 0.29) is 61.0 Å². The van der Waals surface area contributed by atoms with Crippen molar-refractivity contribution in [2.24, 2.45) is 11.8 Å². The zero-order valence-corrected chi connectivity index (χ0v) is 25.6. The van der Waals surface area contributed by atoms with Crippen LogP contribution in [0.25, 0.3) is 0 Å². The van der Waals surface area contributed by atoms with Crippen molar-refractivity contribution in [1.29, 1.82) is 0 Å². The molecule has 3 rings (SSSR count). The molecule has 1 fully saturated rings. The Balaban J connectivity index is 1.96. The zero-order valence-electron chi connectivity index (χ0n) is 24.8. The lowest BCUT2D eigenvalue weighted by Crippen LogP contribution is -2.60. The lowest BCUT2D eigenvalue weighted by atomic mass is 9.99. The van der Waals surface area contributed by atoms with Crippen LogP contribution in [0.15, 0.2) is 65.6 Å². The number of likely N-dealkylation sites (tertiary alicyclic amines) is 1. The van der Waals surface area contributed by atoms with Crippen LogP contribution >= 0.6 is 0 Å². The lowest BCUT2D eigenvalue weighted by Gasteiger charge is -2.37. The number of nitrogens with zero attached hydrogens (tertiary/aromatic N) is 3. The molecule has 0 saturated carbocycles. The number of hydrazine groups is 1. The number of nitrogens with one attached hydrogen (secondary N) is 1. The van der Waals surface area contributed by atoms with Crippen molar-refractivity contribution >= 4 is 21.8 Å². The number of sulfonamides is 1. The molecule has 9 nitrogen and oxygen atoms in total. The molecule has 1 heterocycles. The standard InChI is InChI=1S/C31H46N4O5S/c1-24(2)19-31(38)35(32-30(37)23-33-17-11-12-18-33)28(20-26-13-7-5-8-14-26)29(36)22-34(21-25(3)4)41(39,40)27-15-9-6-10-16-27/h5-10,13-16,24-25,28-29,36H,11-12,17-23H2,1-4H3,(H,32,37)/t28?,29-/m1/s1. The van der Waals surface area contributed by atoms with Crippen LogP contribution in [0.5, 0.6) is 0 Å². The molecule has 1 aliphatic heterocycles. The van der Waals surface area contributed by atoms with Crippen LogP contribution in [0.3, 0.4) is 0 Å². The normalized spacial score (nSPS) is 15.8. The molecular weight excluding hydrogens is 540 g/mol. The molecule has 2 atom stereocenters. The molecule has 0 radical (unpaired) electrons. The third-order valence-corrected chi connectivity index (χ3v) is 8.91. The molecule has 10 heteroatoms. The third-order valence-electron chi connectivity index (χ3n) is 7.07. The highest BCUT2D eigenvalue weighted by Crippen LogP contribution is 2.21. The summed E-state index contributed by atoms with van der Waals surface area (Å²) in [6, 6.07) is 16.7. The first-order valence-corrected chi connectivity index (χ1v) is 16.0. The van der Waals surface area contributed by atoms with E-state index in [1.165, 1.54) is 21.4 Å². The predicted molar refractivity (Wildman–Crippen MR) is 160 cm³/mol. The number of carbonyl (C=O) groups excluding carboxylic acids is 2. The van der Waals surface area contributed by atoms with E-state index in [0.717, 1.165) is 31.5 Å². The first-order chi connectivity index (χ1) is 19.5. The van der Waals surface area contributed by atoms with E-state index in [0.29, 0.717) is 0 Å². The fourth-order valence-corrected chi connectivity index (χ4v) is 6.74. The molecule has 2 N–H and O–H groups in total. The van der Waals surface area contributed by atoms with Gasteiger partial charge in [-0.15, -0.1) is 0 Å². The second-order valence-corrected chi connectivity index (χ2v) is 13.7. The Morgan fingerprint density at radius 1 is 0.902 bits per heavy atom. The van der Waals surface area contributed by atoms with E-state index in [1.807, 2.05) is 62.9 Å². The number of rotatable bonds is 14. The number of carbonyl (C=O) groups is 2. The van der Waals surface area contributed by atoms with Gasteiger partial charge in [-0.05, 0) is 61.9 Å². The summed E-state index contributed by atoms with van der Waals surface area (Å²) in [5.74, 6) is -0.640. The van der Waals surface area contributed by atoms with Crippen molar-refractivity contribution in [3.05, 3.63) is 66.2 Å². The Labute approximate surface area is 245 Å². The van der Waals surface area contributed by atoms with Gasteiger partial charge in [0.05, 0.1) is 23.6 Å². The summed E-state index contributed by atoms with van der Waals surface area (Å²) in [6.45, 7) is 9.42. The minimum absolute atomic E-state index is 0.00731. The van der Waals surface area contributed by atoms with Gasteiger partial charge in [0.2, 0.25) is 15.9 Å². The average Bonchev–Trinajstić information content (AvgIpc) is 3.43. The van der Waals surface area contributed by atoms with E-state index in [1.54, 1.807) is 18.2 Å². The van der Waals surface area contributed by atoms with Crippen molar-refractivity contribution in [3.8, 4) is 0 Å². The summed E-state index contributed by atoms with van der Waals surface area (Å²) < 4.78 is 28.6. The van der Waals surface area contributed by atoms with Gasteiger partial charge in [0.25, 0.3) is 5.91 Å². The largest absolute Gasteiger partial charge is 0.390 e. The monoisotopic (exact) mass is 586 g/mol. The summed E-state index contributed by atoms with van der Waals surface area (Å²) in [4.78, 5) is 28.9. The quantitative estimate of drug-likeness (QED) is 0.329. The van der Waals surface area contributed by atoms with E-state index < -0.39 is 22.2 Å². The van der Waals surface area contributed by atoms with Crippen LogP contribution in [0, 0.1) is 11.8 Å². The number of amides is 2. The van der Waals surface area contributed by atoms with Gasteiger partial charge in [-0.1, -0.05) is 76.2 Å². The molecule has 41 heavy (non-hydrogen) atoms. The molecule has 226 valence electrons. The van der Waals surface area contributed by atoms with E-state index in [2.05, 4.69) is 5.43 Å². The minimum atomic E-state index is -3.93. The molecule has 1 saturated heterocycles. The van der Waals surface area contributed by atoms with Crippen LogP contribution in [0.2, 0.25) is 0 Å². The highest BCUT2D eigenvalue weighted by Gasteiger charge is 2.36. The van der Waals surface area contributed by atoms with Crippen molar-refractivity contribution in [3.63, 3.8) is 0 Å². The number of aliphatic hydroxyl groups is 1. The molecular formula is C31H46N4O5S. The van der Waals surface area contributed by atoms with Crippen molar-refractivity contribution in [1.82, 2.24) is 19.6 Å². The van der Waals surface area contributed by atoms with Gasteiger partial charge in [0.15, 0.2) is 0 Å². The van der Waals surface area contributed by atoms with Gasteiger partial charge in [0.1, 0.15) is 0 Å². The minimum Gasteiger partial charge on any atom is -0.390 e. The maximum atomic E-state index is 13.7. The van der Waals surface area contributed by atoms with Gasteiger partial charge in [0, 0.05) is 19.5 Å². The van der Waals surface area contributed by atoms with E-state index >= 15 is 0 Å². The Morgan fingerprint density at radius 3 is 2.05 bits per heavy atom. The molecule has 1 unspecified atom stereocenters. The highest BCUT2D eigenvalue weighted by molar-refractivity contribution is 7.89. The summed E-state index contributed by atoms with van der Waals surface area (Å²) in [6.07, 6.45) is 1.17. The lowest BCUT2D eigenvalue weighted by molar-refractivity contribution is -0.148. The second-order valence-electron chi connectivity index (χ2n) is 11.7. The number of hydrogen-bond donors (Lipinski definition) is 2. The van der Waals surface area contributed by atoms with Crippen molar-refractivity contribution in [2.75, 3.05) is 32.7 Å². The van der Waals surface area contributed by atoms with Crippen LogP contribution in [0.1, 0.15) is 52.5 Å². The number of aliphatic hydroxyl groups excluding tert-OH is 1. The van der Waals surface area contributed by atoms with Crippen LogP contribution < -0.4 is 5.43 Å². The average molecular weight is 587 g/mol. The summed E-state index contributed by atoms with van der Waals surface area (Å²) in [5.41, 5.74) is 3.67. The Kier molecular flexibility index (Phi) is 12.3. The second kappa shape index (κ2) is 15.4. The molecule has 2 aromatic carbocycles. The van der Waals surface area contributed by atoms with Gasteiger partial charge in [-0.2, -0.15) is 4.31 Å². The van der Waals surface area contributed by atoms with Gasteiger partial charge in [-0.25, -0.2) is 13.4 Å². The maximum absolute atomic E-state index is 13.7. The summed E-state index contributed by atoms with van der Waals surface area (Å²) in [7, 11) is -3.93. The van der Waals surface area contributed by atoms with E-state index in [4.69, 9.17) is 0 Å². The molecule has 0 spiro atoms. The highest BCUT2D eigenvalue weighted by atomic mass is 32.2. The zero-order chi connectivity index (χ0) is 30.0. The molecule has 0 aliphatic carbocycles. The first-order valence-electron chi connectivity index (χ1n) is 14.6. The molecule has 2 aromatic rings. The van der Waals surface area contributed by atoms with Crippen molar-refractivity contribution < 1.29 is 23.1 Å². The SMILES string of the molecule is CC(C)CC(=O)N(NC(=O)CN1CCCC1)C(Cc1ccccc1)[C@H](O)CN(CC(C)C)S(=O)(=O)c1ccccc1. The maximum Gasteiger partial charge on any atom is 0.252 e. The van der Waals surface area contributed by atoms with Gasteiger partial charge < -0.3 is 5.11 Å². The summed E-state index contributed by atoms with van der Waals surface area (Å²) >= 11 is 0. The first kappa shape index (κ1) is 32.7. The van der Waals surface area contributed by atoms with E-state index in [9.17, 15) is 23.1 Å². The van der Waals surface area contributed by atoms with Crippen LogP contribution in [-0.4, -0.2) is 84.4 Å².